The third-order valence-corrected chi connectivity index (χ3v) is 8.74. The van der Waals surface area contributed by atoms with Crippen LogP contribution in [0.1, 0.15) is 49.4 Å². The first-order valence-electron chi connectivity index (χ1n) is 16.2. The van der Waals surface area contributed by atoms with Gasteiger partial charge in [-0.3, -0.25) is 4.79 Å². The number of aliphatic carboxylic acids is 2. The molecule has 2 aliphatic rings. The lowest BCUT2D eigenvalue weighted by atomic mass is 9.89. The molecule has 2 aromatic carbocycles. The molecule has 11 nitrogen and oxygen atoms in total. The molecular weight excluding hydrogens is 600 g/mol. The second-order valence-corrected chi connectivity index (χ2v) is 11.7. The number of ether oxygens (including phenoxy) is 2. The Bertz CT molecular complexity index is 1640. The van der Waals surface area contributed by atoms with Crippen molar-refractivity contribution >= 4 is 39.7 Å². The highest BCUT2D eigenvalue weighted by atomic mass is 16.5. The summed E-state index contributed by atoms with van der Waals surface area (Å²) in [6.45, 7) is 7.82. The number of H-pyrrole nitrogens is 1. The number of benzene rings is 2. The van der Waals surface area contributed by atoms with E-state index in [9.17, 15) is 14.4 Å². The maximum absolute atomic E-state index is 13.3. The zero-order chi connectivity index (χ0) is 33.8. The monoisotopic (exact) mass is 646 g/mol. The van der Waals surface area contributed by atoms with Gasteiger partial charge < -0.3 is 39.0 Å². The average Bonchev–Trinajstić information content (AvgIpc) is 3.72. The summed E-state index contributed by atoms with van der Waals surface area (Å²) in [5.41, 5.74) is 3.09. The van der Waals surface area contributed by atoms with E-state index in [1.54, 1.807) is 14.2 Å². The average molecular weight is 647 g/mol. The number of aromatic amines is 1. The number of carbonyl (C=O) groups is 3. The van der Waals surface area contributed by atoms with E-state index >= 15 is 0 Å². The van der Waals surface area contributed by atoms with Crippen molar-refractivity contribution in [2.45, 2.75) is 45.6 Å². The quantitative estimate of drug-likeness (QED) is 0.202. The van der Waals surface area contributed by atoms with Gasteiger partial charge in [0.25, 0.3) is 5.91 Å². The second-order valence-electron chi connectivity index (χ2n) is 11.7. The summed E-state index contributed by atoms with van der Waals surface area (Å²) >= 11 is 0. The normalized spacial score (nSPS) is 15.5. The van der Waals surface area contributed by atoms with E-state index in [0.29, 0.717) is 18.1 Å². The van der Waals surface area contributed by atoms with E-state index in [-0.39, 0.29) is 5.91 Å². The number of fused-ring (bicyclic) bond motifs is 2. The lowest BCUT2D eigenvalue weighted by molar-refractivity contribution is -0.134. The molecule has 47 heavy (non-hydrogen) atoms. The predicted molar refractivity (Wildman–Crippen MR) is 182 cm³/mol. The van der Waals surface area contributed by atoms with Gasteiger partial charge >= 0.3 is 11.9 Å². The van der Waals surface area contributed by atoms with Crippen molar-refractivity contribution < 1.29 is 34.1 Å². The molecule has 1 saturated heterocycles. The van der Waals surface area contributed by atoms with Gasteiger partial charge in [-0.15, -0.1) is 0 Å². The summed E-state index contributed by atoms with van der Waals surface area (Å²) in [6, 6.07) is 14.1. The topological polar surface area (TPSA) is 137 Å². The van der Waals surface area contributed by atoms with Crippen molar-refractivity contribution in [2.24, 2.45) is 5.92 Å². The summed E-state index contributed by atoms with van der Waals surface area (Å²) in [4.78, 5) is 40.0. The molecule has 0 spiro atoms. The molecule has 1 aliphatic heterocycles. The van der Waals surface area contributed by atoms with Crippen LogP contribution in [0.15, 0.2) is 67.0 Å². The standard InChI is InChI=1S/C23H33N3O2.C9H9NO.C4H4O4/c1-3-24-11-13-25(14-12-24)23(27)21-17-26(16-18-7-5-4-6-8-18)22-15-19(28-2)9-10-20(21)22;1-11-8-3-2-7-4-5-10-9(7)6-8;5-3(6)1-2-4(7)8/h9-10,15,17-18H,3-8,11-14,16H2,1-2H3;2-6,10H,1H3;1-2H,(H,5,6)(H,7,8)/b;;2-1-. The van der Waals surface area contributed by atoms with Gasteiger partial charge in [-0.25, -0.2) is 9.59 Å². The Morgan fingerprint density at radius 2 is 1.51 bits per heavy atom. The molecule has 1 aliphatic carbocycles. The first-order valence-corrected chi connectivity index (χ1v) is 16.2. The minimum absolute atomic E-state index is 0.174. The number of nitrogens with one attached hydrogen (secondary N) is 1. The van der Waals surface area contributed by atoms with Gasteiger partial charge in [0.05, 0.1) is 25.3 Å². The van der Waals surface area contributed by atoms with E-state index in [4.69, 9.17) is 19.7 Å². The molecule has 6 rings (SSSR count). The van der Waals surface area contributed by atoms with Crippen LogP contribution in [-0.4, -0.2) is 94.4 Å². The van der Waals surface area contributed by atoms with Gasteiger partial charge in [-0.1, -0.05) is 26.2 Å². The summed E-state index contributed by atoms with van der Waals surface area (Å²) < 4.78 is 12.8. The third kappa shape index (κ3) is 9.86. The number of likely N-dealkylation sites (N-methyl/N-ethyl adjacent to an activating group) is 1. The zero-order valence-corrected chi connectivity index (χ0v) is 27.5. The molecule has 0 unspecified atom stereocenters. The minimum atomic E-state index is -1.26. The van der Waals surface area contributed by atoms with Gasteiger partial charge in [0.15, 0.2) is 0 Å². The number of piperazine rings is 1. The first-order chi connectivity index (χ1) is 22.7. The number of aromatic nitrogens is 2. The number of hydrogen-bond donors (Lipinski definition) is 3. The van der Waals surface area contributed by atoms with Crippen LogP contribution >= 0.6 is 0 Å². The summed E-state index contributed by atoms with van der Waals surface area (Å²) in [5.74, 6) is 0.116. The molecule has 3 N–H and O–H groups in total. The Hall–Kier alpha value is -4.77. The Labute approximate surface area is 275 Å². The molecule has 3 heterocycles. The van der Waals surface area contributed by atoms with Crippen molar-refractivity contribution in [3.63, 3.8) is 0 Å². The molecule has 0 radical (unpaired) electrons. The maximum Gasteiger partial charge on any atom is 0.328 e. The molecule has 2 aromatic heterocycles. The number of nitrogens with zero attached hydrogens (tertiary/aromatic N) is 3. The lowest BCUT2D eigenvalue weighted by Gasteiger charge is -2.34. The third-order valence-electron chi connectivity index (χ3n) is 8.74. The van der Waals surface area contributed by atoms with Crippen molar-refractivity contribution in [1.29, 1.82) is 0 Å². The van der Waals surface area contributed by atoms with Crippen LogP contribution in [0.2, 0.25) is 0 Å². The van der Waals surface area contributed by atoms with Crippen LogP contribution in [-0.2, 0) is 16.1 Å². The minimum Gasteiger partial charge on any atom is -0.497 e. The van der Waals surface area contributed by atoms with E-state index in [2.05, 4.69) is 39.7 Å². The number of rotatable bonds is 8. The first kappa shape index (κ1) is 35.1. The van der Waals surface area contributed by atoms with Crippen LogP contribution in [0, 0.1) is 5.92 Å². The van der Waals surface area contributed by atoms with E-state index < -0.39 is 11.9 Å². The highest BCUT2D eigenvalue weighted by molar-refractivity contribution is 6.07. The van der Waals surface area contributed by atoms with Gasteiger partial charge in [0.1, 0.15) is 11.5 Å². The highest BCUT2D eigenvalue weighted by Gasteiger charge is 2.25. The van der Waals surface area contributed by atoms with Crippen molar-refractivity contribution in [1.82, 2.24) is 19.4 Å². The molecule has 0 bridgehead atoms. The molecule has 1 saturated carbocycles. The summed E-state index contributed by atoms with van der Waals surface area (Å²) in [5, 5.41) is 17.9. The zero-order valence-electron chi connectivity index (χ0n) is 27.5. The largest absolute Gasteiger partial charge is 0.497 e. The van der Waals surface area contributed by atoms with Crippen LogP contribution in [0.3, 0.4) is 0 Å². The number of amides is 1. The van der Waals surface area contributed by atoms with Crippen LogP contribution in [0.25, 0.3) is 21.8 Å². The fourth-order valence-electron chi connectivity index (χ4n) is 6.10. The summed E-state index contributed by atoms with van der Waals surface area (Å²) in [7, 11) is 3.37. The number of hydrogen-bond acceptors (Lipinski definition) is 6. The fraction of sp³-hybridized carbons (Fsp3) is 0.417. The highest BCUT2D eigenvalue weighted by Crippen LogP contribution is 2.31. The lowest BCUT2D eigenvalue weighted by Crippen LogP contribution is -2.48. The van der Waals surface area contributed by atoms with Crippen LogP contribution in [0.5, 0.6) is 11.5 Å². The predicted octanol–water partition coefficient (Wildman–Crippen LogP) is 5.90. The Morgan fingerprint density at radius 3 is 2.13 bits per heavy atom. The maximum atomic E-state index is 13.3. The molecule has 4 aromatic rings. The molecule has 0 atom stereocenters. The number of methoxy groups -OCH3 is 2. The Morgan fingerprint density at radius 1 is 0.872 bits per heavy atom. The molecular formula is C36H46N4O7. The van der Waals surface area contributed by atoms with Gasteiger partial charge in [0, 0.05) is 80.3 Å². The number of carboxylic acid groups (broad SMARTS) is 2. The summed E-state index contributed by atoms with van der Waals surface area (Å²) in [6.07, 6.45) is 11.8. The van der Waals surface area contributed by atoms with E-state index in [0.717, 1.165) is 72.8 Å². The number of carbonyl (C=O) groups excluding carboxylic acids is 1. The molecule has 2 fully saturated rings. The number of carboxylic acids is 2. The Kier molecular flexibility index (Phi) is 12.9. The van der Waals surface area contributed by atoms with Crippen molar-refractivity contribution in [2.75, 3.05) is 46.9 Å². The van der Waals surface area contributed by atoms with E-state index in [1.165, 1.54) is 37.5 Å². The van der Waals surface area contributed by atoms with E-state index in [1.807, 2.05) is 41.4 Å². The smallest absolute Gasteiger partial charge is 0.328 e. The van der Waals surface area contributed by atoms with Crippen molar-refractivity contribution in [3.05, 3.63) is 72.6 Å². The molecule has 11 heteroatoms. The Balaban J connectivity index is 0.000000214. The fourth-order valence-corrected chi connectivity index (χ4v) is 6.10. The van der Waals surface area contributed by atoms with Crippen molar-refractivity contribution in [3.8, 4) is 11.5 Å². The van der Waals surface area contributed by atoms with Crippen LogP contribution in [0.4, 0.5) is 0 Å². The molecule has 252 valence electrons. The van der Waals surface area contributed by atoms with Crippen LogP contribution < -0.4 is 9.47 Å². The van der Waals surface area contributed by atoms with Gasteiger partial charge in [-0.05, 0) is 61.0 Å². The SMILES string of the molecule is CCN1CCN(C(=O)c2cn(CC3CCCCC3)c3cc(OC)ccc23)CC1.COc1ccc2cc[nH]c2c1.O=C(O)/C=C\C(=O)O. The second kappa shape index (κ2) is 17.2. The van der Waals surface area contributed by atoms with Gasteiger partial charge in [-0.2, -0.15) is 0 Å². The van der Waals surface area contributed by atoms with Gasteiger partial charge in [0.2, 0.25) is 0 Å². The molecule has 1 amide bonds.